The average Bonchev–Trinajstić information content (AvgIpc) is 2.89. The Bertz CT molecular complexity index is 1700. The van der Waals surface area contributed by atoms with Gasteiger partial charge in [0.25, 0.3) is 15.6 Å². The van der Waals surface area contributed by atoms with E-state index in [0.29, 0.717) is 22.0 Å². The van der Waals surface area contributed by atoms with Gasteiger partial charge in [-0.15, -0.1) is 0 Å². The lowest BCUT2D eigenvalue weighted by Crippen LogP contribution is -2.32. The number of benzene rings is 2. The minimum atomic E-state index is -4.06. The fourth-order valence-corrected chi connectivity index (χ4v) is 5.61. The Morgan fingerprint density at radius 1 is 1.13 bits per heavy atom. The van der Waals surface area contributed by atoms with Crippen molar-refractivity contribution in [3.05, 3.63) is 75.9 Å². The third-order valence-electron chi connectivity index (χ3n) is 5.99. The third-order valence-corrected chi connectivity index (χ3v) is 7.84. The van der Waals surface area contributed by atoms with E-state index in [-0.39, 0.29) is 39.5 Å². The number of methoxy groups -OCH3 is 1. The number of ether oxygens (including phenoxy) is 1. The topological polar surface area (TPSA) is 132 Å². The highest BCUT2D eigenvalue weighted by atomic mass is 35.5. The second-order valence-electron chi connectivity index (χ2n) is 8.77. The molecule has 0 unspecified atom stereocenters. The molecule has 2 aromatic carbocycles. The van der Waals surface area contributed by atoms with E-state index in [1.807, 2.05) is 6.92 Å². The average molecular weight is 556 g/mol. The Kier molecular flexibility index (Phi) is 7.70. The van der Waals surface area contributed by atoms with Crippen LogP contribution in [0.4, 0.5) is 5.69 Å². The molecule has 0 aliphatic rings. The van der Waals surface area contributed by atoms with Crippen LogP contribution < -0.4 is 20.3 Å². The number of aromatic nitrogens is 3. The van der Waals surface area contributed by atoms with Crippen molar-refractivity contribution in [2.24, 2.45) is 5.92 Å². The SMILES string of the molecule is CNC(=O)[C@H](C)Cn1cnc2ccc(-c3cnc(OC)c(NS(=O)(=O)c4ccc(C)cc4Cl)c3)cc2c1=O. The summed E-state index contributed by atoms with van der Waals surface area (Å²) >= 11 is 6.20. The maximum Gasteiger partial charge on any atom is 0.263 e. The van der Waals surface area contributed by atoms with Crippen molar-refractivity contribution in [1.29, 1.82) is 0 Å². The van der Waals surface area contributed by atoms with Crippen LogP contribution in [0.2, 0.25) is 5.02 Å². The molecular formula is C26H26ClN5O5S. The predicted molar refractivity (Wildman–Crippen MR) is 146 cm³/mol. The Balaban J connectivity index is 1.73. The third kappa shape index (κ3) is 5.48. The lowest BCUT2D eigenvalue weighted by molar-refractivity contribution is -0.124. The summed E-state index contributed by atoms with van der Waals surface area (Å²) in [5.41, 5.74) is 2.25. The Morgan fingerprint density at radius 3 is 2.58 bits per heavy atom. The van der Waals surface area contributed by atoms with Crippen LogP contribution >= 0.6 is 11.6 Å². The number of anilines is 1. The molecule has 1 amide bonds. The maximum absolute atomic E-state index is 13.2. The molecule has 0 spiro atoms. The lowest BCUT2D eigenvalue weighted by Gasteiger charge is -2.14. The van der Waals surface area contributed by atoms with E-state index < -0.39 is 15.9 Å². The van der Waals surface area contributed by atoms with Crippen molar-refractivity contribution in [2.75, 3.05) is 18.9 Å². The first-order valence-corrected chi connectivity index (χ1v) is 13.4. The summed E-state index contributed by atoms with van der Waals surface area (Å²) in [6, 6.07) is 11.3. The molecule has 4 aromatic rings. The van der Waals surface area contributed by atoms with Gasteiger partial charge in [-0.05, 0) is 48.4 Å². The van der Waals surface area contributed by atoms with Crippen LogP contribution in [0.25, 0.3) is 22.0 Å². The van der Waals surface area contributed by atoms with Gasteiger partial charge in [0.1, 0.15) is 10.6 Å². The highest BCUT2D eigenvalue weighted by molar-refractivity contribution is 7.92. The van der Waals surface area contributed by atoms with Crippen molar-refractivity contribution in [3.63, 3.8) is 0 Å². The fourth-order valence-electron chi connectivity index (χ4n) is 3.96. The van der Waals surface area contributed by atoms with E-state index in [4.69, 9.17) is 16.3 Å². The van der Waals surface area contributed by atoms with Crippen LogP contribution in [-0.4, -0.2) is 43.0 Å². The molecule has 0 radical (unpaired) electrons. The van der Waals surface area contributed by atoms with Gasteiger partial charge in [0.15, 0.2) is 0 Å². The molecule has 198 valence electrons. The summed E-state index contributed by atoms with van der Waals surface area (Å²) in [5, 5.41) is 3.00. The first kappa shape index (κ1) is 27.1. The Hall–Kier alpha value is -3.96. The molecule has 2 N–H and O–H groups in total. The molecule has 0 fully saturated rings. The zero-order valence-electron chi connectivity index (χ0n) is 21.1. The van der Waals surface area contributed by atoms with Crippen LogP contribution in [0, 0.1) is 12.8 Å². The van der Waals surface area contributed by atoms with E-state index in [0.717, 1.165) is 5.56 Å². The highest BCUT2D eigenvalue weighted by Gasteiger charge is 2.21. The molecule has 10 nitrogen and oxygen atoms in total. The van der Waals surface area contributed by atoms with Crippen molar-refractivity contribution < 1.29 is 17.9 Å². The van der Waals surface area contributed by atoms with Gasteiger partial charge >= 0.3 is 0 Å². The van der Waals surface area contributed by atoms with Crippen LogP contribution in [-0.2, 0) is 21.4 Å². The number of nitrogens with one attached hydrogen (secondary N) is 2. The molecule has 0 aliphatic heterocycles. The molecule has 1 atom stereocenters. The molecule has 2 heterocycles. The monoisotopic (exact) mass is 555 g/mol. The second-order valence-corrected chi connectivity index (χ2v) is 10.8. The molecule has 0 saturated heterocycles. The van der Waals surface area contributed by atoms with E-state index >= 15 is 0 Å². The number of carbonyl (C=O) groups excluding carboxylic acids is 1. The Labute approximate surface area is 224 Å². The van der Waals surface area contributed by atoms with Gasteiger partial charge in [0, 0.05) is 25.4 Å². The normalized spacial score (nSPS) is 12.2. The quantitative estimate of drug-likeness (QED) is 0.339. The van der Waals surface area contributed by atoms with Gasteiger partial charge in [0.2, 0.25) is 11.8 Å². The zero-order chi connectivity index (χ0) is 27.6. The summed E-state index contributed by atoms with van der Waals surface area (Å²) < 4.78 is 35.4. The van der Waals surface area contributed by atoms with Gasteiger partial charge < -0.3 is 10.1 Å². The van der Waals surface area contributed by atoms with Crippen LogP contribution in [0.1, 0.15) is 12.5 Å². The van der Waals surface area contributed by atoms with Gasteiger partial charge in [-0.25, -0.2) is 18.4 Å². The van der Waals surface area contributed by atoms with Crippen molar-refractivity contribution in [3.8, 4) is 17.0 Å². The minimum Gasteiger partial charge on any atom is -0.480 e. The van der Waals surface area contributed by atoms with Crippen molar-refractivity contribution >= 4 is 44.1 Å². The number of carbonyl (C=O) groups is 1. The number of aryl methyl sites for hydroxylation is 1. The second kappa shape index (κ2) is 10.8. The standard InChI is InChI=1S/C26H26ClN5O5S/c1-15-5-8-23(20(27)9-15)38(35,36)31-22-11-18(12-29-25(22)37-4)17-6-7-21-19(10-17)26(34)32(14-30-21)13-16(2)24(33)28-3/h5-12,14,16,31H,13H2,1-4H3,(H,28,33)/t16-/m1/s1. The first-order chi connectivity index (χ1) is 18.0. The minimum absolute atomic E-state index is 0.0635. The molecule has 12 heteroatoms. The summed E-state index contributed by atoms with van der Waals surface area (Å²) in [7, 11) is -1.14. The number of nitrogens with zero attached hydrogens (tertiary/aromatic N) is 3. The van der Waals surface area contributed by atoms with Gasteiger partial charge in [-0.1, -0.05) is 30.7 Å². The molecular weight excluding hydrogens is 530 g/mol. The van der Waals surface area contributed by atoms with Crippen molar-refractivity contribution in [2.45, 2.75) is 25.3 Å². The first-order valence-electron chi connectivity index (χ1n) is 11.6. The number of hydrogen-bond acceptors (Lipinski definition) is 7. The smallest absolute Gasteiger partial charge is 0.263 e. The molecule has 0 saturated carbocycles. The van der Waals surface area contributed by atoms with Gasteiger partial charge in [0.05, 0.1) is 35.3 Å². The highest BCUT2D eigenvalue weighted by Crippen LogP contribution is 2.32. The number of hydrogen-bond donors (Lipinski definition) is 2. The van der Waals surface area contributed by atoms with Crippen LogP contribution in [0.3, 0.4) is 0 Å². The summed E-state index contributed by atoms with van der Waals surface area (Å²) in [5.74, 6) is -0.547. The van der Waals surface area contributed by atoms with E-state index in [2.05, 4.69) is 20.0 Å². The summed E-state index contributed by atoms with van der Waals surface area (Å²) in [6.45, 7) is 3.70. The van der Waals surface area contributed by atoms with Crippen LogP contribution in [0.15, 0.2) is 64.7 Å². The number of pyridine rings is 1. The van der Waals surface area contributed by atoms with Gasteiger partial charge in [-0.3, -0.25) is 18.9 Å². The zero-order valence-corrected chi connectivity index (χ0v) is 22.7. The van der Waals surface area contributed by atoms with E-state index in [1.165, 1.54) is 30.3 Å². The lowest BCUT2D eigenvalue weighted by atomic mass is 10.0. The van der Waals surface area contributed by atoms with Crippen LogP contribution in [0.5, 0.6) is 5.88 Å². The number of rotatable bonds is 8. The summed E-state index contributed by atoms with van der Waals surface area (Å²) in [4.78, 5) is 33.6. The number of halogens is 1. The molecule has 0 bridgehead atoms. The van der Waals surface area contributed by atoms with E-state index in [1.54, 1.807) is 50.4 Å². The number of fused-ring (bicyclic) bond motifs is 1. The number of amides is 1. The van der Waals surface area contributed by atoms with E-state index in [9.17, 15) is 18.0 Å². The molecule has 2 aromatic heterocycles. The number of sulfonamides is 1. The molecule has 38 heavy (non-hydrogen) atoms. The molecule has 0 aliphatic carbocycles. The summed E-state index contributed by atoms with van der Waals surface area (Å²) in [6.07, 6.45) is 2.93. The maximum atomic E-state index is 13.2. The Morgan fingerprint density at radius 2 is 1.89 bits per heavy atom. The fraction of sp³-hybridized carbons (Fsp3) is 0.231. The van der Waals surface area contributed by atoms with Gasteiger partial charge in [-0.2, -0.15) is 0 Å². The van der Waals surface area contributed by atoms with Crippen molar-refractivity contribution in [1.82, 2.24) is 19.9 Å². The predicted octanol–water partition coefficient (Wildman–Crippen LogP) is 3.61. The molecule has 4 rings (SSSR count). The largest absolute Gasteiger partial charge is 0.480 e.